The standard InChI is InChI=1S/C13H10BrNO2S/c1-7-2-3-9(17-6-14)10-8-4-5-18-12(8)13(16)15-11(7)10/h2-5H,6H2,1H3,(H,15,16). The van der Waals surface area contributed by atoms with Crippen molar-refractivity contribution in [3.05, 3.63) is 39.5 Å². The second kappa shape index (κ2) is 4.40. The molecule has 0 unspecified atom stereocenters. The number of H-pyrrole nitrogens is 1. The lowest BCUT2D eigenvalue weighted by Crippen LogP contribution is -2.06. The molecular weight excluding hydrogens is 314 g/mol. The van der Waals surface area contributed by atoms with E-state index in [4.69, 9.17) is 4.74 Å². The molecule has 2 heterocycles. The molecule has 2 aromatic heterocycles. The van der Waals surface area contributed by atoms with Gasteiger partial charge in [0.1, 0.15) is 16.0 Å². The van der Waals surface area contributed by atoms with Crippen LogP contribution in [0.15, 0.2) is 28.4 Å². The first-order valence-electron chi connectivity index (χ1n) is 5.44. The van der Waals surface area contributed by atoms with E-state index in [9.17, 15) is 4.79 Å². The van der Waals surface area contributed by atoms with Gasteiger partial charge in [0, 0.05) is 10.8 Å². The van der Waals surface area contributed by atoms with Crippen LogP contribution >= 0.6 is 27.3 Å². The molecule has 3 nitrogen and oxygen atoms in total. The number of alkyl halides is 1. The molecule has 0 saturated carbocycles. The predicted molar refractivity (Wildman–Crippen MR) is 79.1 cm³/mol. The van der Waals surface area contributed by atoms with Gasteiger partial charge in [-0.2, -0.15) is 0 Å². The molecule has 0 bridgehead atoms. The van der Waals surface area contributed by atoms with Crippen molar-refractivity contribution in [1.82, 2.24) is 4.98 Å². The molecule has 0 fully saturated rings. The highest BCUT2D eigenvalue weighted by atomic mass is 79.9. The SMILES string of the molecule is Cc1ccc(OCBr)c2c1[nH]c(=O)c1sccc12. The predicted octanol–water partition coefficient (Wildman–Crippen LogP) is 3.78. The van der Waals surface area contributed by atoms with Crippen LogP contribution in [0.5, 0.6) is 5.75 Å². The Morgan fingerprint density at radius 1 is 1.39 bits per heavy atom. The summed E-state index contributed by atoms with van der Waals surface area (Å²) in [5.41, 5.74) is 2.28. The molecule has 0 aliphatic carbocycles. The first-order valence-corrected chi connectivity index (χ1v) is 7.44. The number of thiophene rings is 1. The second-order valence-electron chi connectivity index (χ2n) is 4.00. The van der Waals surface area contributed by atoms with Gasteiger partial charge in [0.05, 0.1) is 5.52 Å². The molecule has 0 radical (unpaired) electrons. The molecule has 0 amide bonds. The van der Waals surface area contributed by atoms with Crippen molar-refractivity contribution in [3.8, 4) is 5.75 Å². The molecule has 18 heavy (non-hydrogen) atoms. The molecule has 3 rings (SSSR count). The molecule has 0 aliphatic rings. The Labute approximate surface area is 116 Å². The number of pyridine rings is 1. The van der Waals surface area contributed by atoms with Gasteiger partial charge >= 0.3 is 0 Å². The van der Waals surface area contributed by atoms with Crippen LogP contribution in [0.3, 0.4) is 0 Å². The van der Waals surface area contributed by atoms with Gasteiger partial charge in [0.15, 0.2) is 0 Å². The number of halogens is 1. The monoisotopic (exact) mass is 323 g/mol. The van der Waals surface area contributed by atoms with E-state index in [1.54, 1.807) is 0 Å². The highest BCUT2D eigenvalue weighted by molar-refractivity contribution is 9.09. The zero-order valence-corrected chi connectivity index (χ0v) is 12.0. The van der Waals surface area contributed by atoms with Crippen molar-refractivity contribution in [3.63, 3.8) is 0 Å². The molecule has 5 heteroatoms. The Morgan fingerprint density at radius 2 is 2.22 bits per heavy atom. The number of nitrogens with one attached hydrogen (secondary N) is 1. The van der Waals surface area contributed by atoms with Crippen molar-refractivity contribution in [2.45, 2.75) is 6.92 Å². The first-order chi connectivity index (χ1) is 8.72. The van der Waals surface area contributed by atoms with E-state index in [-0.39, 0.29) is 5.56 Å². The Bertz CT molecular complexity index is 791. The van der Waals surface area contributed by atoms with Crippen LogP contribution in [-0.2, 0) is 0 Å². The van der Waals surface area contributed by atoms with Crippen molar-refractivity contribution in [1.29, 1.82) is 0 Å². The first kappa shape index (κ1) is 11.7. The van der Waals surface area contributed by atoms with Gasteiger partial charge in [-0.1, -0.05) is 6.07 Å². The van der Waals surface area contributed by atoms with Crippen LogP contribution in [0.1, 0.15) is 5.56 Å². The van der Waals surface area contributed by atoms with E-state index in [1.807, 2.05) is 30.5 Å². The summed E-state index contributed by atoms with van der Waals surface area (Å²) in [6.45, 7) is 1.98. The average molecular weight is 324 g/mol. The van der Waals surface area contributed by atoms with Gasteiger partial charge in [-0.3, -0.25) is 4.79 Å². The maximum atomic E-state index is 12.0. The van der Waals surface area contributed by atoms with E-state index in [0.717, 1.165) is 32.3 Å². The molecule has 3 aromatic rings. The quantitative estimate of drug-likeness (QED) is 0.729. The summed E-state index contributed by atoms with van der Waals surface area (Å²) in [6.07, 6.45) is 0. The summed E-state index contributed by atoms with van der Waals surface area (Å²) < 4.78 is 6.33. The topological polar surface area (TPSA) is 42.1 Å². The van der Waals surface area contributed by atoms with E-state index in [1.165, 1.54) is 11.3 Å². The number of benzene rings is 1. The van der Waals surface area contributed by atoms with E-state index in [0.29, 0.717) is 5.52 Å². The Kier molecular flexibility index (Phi) is 2.87. The average Bonchev–Trinajstić information content (AvgIpc) is 2.83. The van der Waals surface area contributed by atoms with Crippen LogP contribution in [0.4, 0.5) is 0 Å². The van der Waals surface area contributed by atoms with Gasteiger partial charge in [-0.25, -0.2) is 0 Å². The highest BCUT2D eigenvalue weighted by Gasteiger charge is 2.12. The molecule has 0 saturated heterocycles. The summed E-state index contributed by atoms with van der Waals surface area (Å²) in [5, 5.41) is 3.86. The minimum absolute atomic E-state index is 0.0356. The number of rotatable bonds is 2. The van der Waals surface area contributed by atoms with Gasteiger partial charge in [-0.15, -0.1) is 11.3 Å². The number of aromatic nitrogens is 1. The number of ether oxygens (including phenoxy) is 1. The zero-order chi connectivity index (χ0) is 12.7. The lowest BCUT2D eigenvalue weighted by molar-refractivity contribution is 0.403. The van der Waals surface area contributed by atoms with E-state index < -0.39 is 0 Å². The Morgan fingerprint density at radius 3 is 3.00 bits per heavy atom. The van der Waals surface area contributed by atoms with E-state index >= 15 is 0 Å². The molecule has 92 valence electrons. The van der Waals surface area contributed by atoms with Gasteiger partial charge < -0.3 is 9.72 Å². The van der Waals surface area contributed by atoms with Crippen molar-refractivity contribution < 1.29 is 4.74 Å². The number of aromatic amines is 1. The maximum Gasteiger partial charge on any atom is 0.266 e. The molecule has 0 atom stereocenters. The minimum atomic E-state index is -0.0356. The maximum absolute atomic E-state index is 12.0. The fourth-order valence-electron chi connectivity index (χ4n) is 2.15. The zero-order valence-electron chi connectivity index (χ0n) is 9.62. The minimum Gasteiger partial charge on any atom is -0.482 e. The second-order valence-corrected chi connectivity index (χ2v) is 5.38. The number of hydrogen-bond acceptors (Lipinski definition) is 3. The van der Waals surface area contributed by atoms with Crippen molar-refractivity contribution >= 4 is 48.3 Å². The number of aryl methyl sites for hydroxylation is 1. The summed E-state index contributed by atoms with van der Waals surface area (Å²) in [5.74, 6) is 0.784. The largest absolute Gasteiger partial charge is 0.482 e. The van der Waals surface area contributed by atoms with E-state index in [2.05, 4.69) is 20.9 Å². The summed E-state index contributed by atoms with van der Waals surface area (Å²) in [7, 11) is 0. The third-order valence-corrected chi connectivity index (χ3v) is 4.11. The Hall–Kier alpha value is -1.33. The molecule has 0 spiro atoms. The summed E-state index contributed by atoms with van der Waals surface area (Å²) in [4.78, 5) is 14.9. The van der Waals surface area contributed by atoms with Crippen LogP contribution < -0.4 is 10.3 Å². The molecular formula is C13H10BrNO2S. The van der Waals surface area contributed by atoms with Crippen LogP contribution in [-0.4, -0.2) is 10.5 Å². The fraction of sp³-hybridized carbons (Fsp3) is 0.154. The van der Waals surface area contributed by atoms with Gasteiger partial charge in [-0.05, 0) is 45.9 Å². The fourth-order valence-corrected chi connectivity index (χ4v) is 3.19. The van der Waals surface area contributed by atoms with Gasteiger partial charge in [0.25, 0.3) is 5.56 Å². The van der Waals surface area contributed by atoms with Crippen LogP contribution in [0.25, 0.3) is 21.0 Å². The molecule has 1 N–H and O–H groups in total. The number of hydrogen-bond donors (Lipinski definition) is 1. The normalized spacial score (nSPS) is 11.2. The third-order valence-electron chi connectivity index (χ3n) is 2.96. The van der Waals surface area contributed by atoms with Crippen LogP contribution in [0.2, 0.25) is 0 Å². The smallest absolute Gasteiger partial charge is 0.266 e. The lowest BCUT2D eigenvalue weighted by Gasteiger charge is -2.09. The Balaban J connectivity index is 2.56. The molecule has 0 aliphatic heterocycles. The van der Waals surface area contributed by atoms with Crippen molar-refractivity contribution in [2.24, 2.45) is 0 Å². The third kappa shape index (κ3) is 1.66. The van der Waals surface area contributed by atoms with Crippen molar-refractivity contribution in [2.75, 3.05) is 5.52 Å². The lowest BCUT2D eigenvalue weighted by atomic mass is 10.1. The highest BCUT2D eigenvalue weighted by Crippen LogP contribution is 2.34. The molecule has 1 aromatic carbocycles. The summed E-state index contributed by atoms with van der Waals surface area (Å²) >= 11 is 4.72. The number of fused-ring (bicyclic) bond motifs is 3. The summed E-state index contributed by atoms with van der Waals surface area (Å²) in [6, 6.07) is 5.86. The van der Waals surface area contributed by atoms with Gasteiger partial charge in [0.2, 0.25) is 0 Å². The van der Waals surface area contributed by atoms with Crippen LogP contribution in [0, 0.1) is 6.92 Å².